The number of aliphatic hydroxyl groups excluding tert-OH is 1. The van der Waals surface area contributed by atoms with Crippen molar-refractivity contribution < 1.29 is 14.6 Å². The van der Waals surface area contributed by atoms with E-state index >= 15 is 0 Å². The number of hydrogen-bond donors (Lipinski definition) is 1. The molecular formula is C18H27NO3. The lowest BCUT2D eigenvalue weighted by atomic mass is 9.92. The van der Waals surface area contributed by atoms with Gasteiger partial charge in [-0.15, -0.1) is 0 Å². The fourth-order valence-electron chi connectivity index (χ4n) is 2.81. The Hall–Kier alpha value is -1.55. The van der Waals surface area contributed by atoms with Crippen LogP contribution in [-0.4, -0.2) is 33.8 Å². The van der Waals surface area contributed by atoms with Crippen LogP contribution >= 0.6 is 0 Å². The number of carbonyl (C=O) groups is 1. The highest BCUT2D eigenvalue weighted by Crippen LogP contribution is 2.26. The van der Waals surface area contributed by atoms with Gasteiger partial charge in [-0.1, -0.05) is 30.3 Å². The normalized spacial score (nSPS) is 22.2. The van der Waals surface area contributed by atoms with Crippen LogP contribution in [0, 0.1) is 0 Å². The Morgan fingerprint density at radius 1 is 1.18 bits per heavy atom. The van der Waals surface area contributed by atoms with E-state index in [1.165, 1.54) is 0 Å². The minimum Gasteiger partial charge on any atom is -0.444 e. The predicted octanol–water partition coefficient (Wildman–Crippen LogP) is 3.73. The van der Waals surface area contributed by atoms with Crippen molar-refractivity contribution in [1.29, 1.82) is 0 Å². The van der Waals surface area contributed by atoms with Gasteiger partial charge in [0.15, 0.2) is 0 Å². The van der Waals surface area contributed by atoms with E-state index in [1.54, 1.807) is 0 Å². The summed E-state index contributed by atoms with van der Waals surface area (Å²) in [6.45, 7) is 6.21. The van der Waals surface area contributed by atoms with E-state index in [0.29, 0.717) is 6.54 Å². The molecule has 1 N–H and O–H groups in total. The van der Waals surface area contributed by atoms with Gasteiger partial charge >= 0.3 is 6.09 Å². The zero-order valence-electron chi connectivity index (χ0n) is 13.8. The predicted molar refractivity (Wildman–Crippen MR) is 86.5 cm³/mol. The maximum Gasteiger partial charge on any atom is 0.410 e. The van der Waals surface area contributed by atoms with Crippen molar-refractivity contribution in [1.82, 2.24) is 4.90 Å². The molecule has 1 aromatic rings. The van der Waals surface area contributed by atoms with Crippen molar-refractivity contribution in [3.63, 3.8) is 0 Å². The number of hydrogen-bond acceptors (Lipinski definition) is 3. The molecule has 0 radical (unpaired) electrons. The topological polar surface area (TPSA) is 49.8 Å². The first kappa shape index (κ1) is 16.8. The number of nitrogens with zero attached hydrogens (tertiary/aromatic N) is 1. The van der Waals surface area contributed by atoms with Crippen molar-refractivity contribution in [2.24, 2.45) is 0 Å². The third-order valence-corrected chi connectivity index (χ3v) is 3.93. The zero-order chi connectivity index (χ0) is 16.2. The third-order valence-electron chi connectivity index (χ3n) is 3.93. The molecular weight excluding hydrogens is 278 g/mol. The Morgan fingerprint density at radius 3 is 2.32 bits per heavy atom. The molecule has 1 aliphatic carbocycles. The van der Waals surface area contributed by atoms with E-state index in [-0.39, 0.29) is 18.2 Å². The Kier molecular flexibility index (Phi) is 5.46. The fourth-order valence-corrected chi connectivity index (χ4v) is 2.81. The molecule has 1 fully saturated rings. The molecule has 0 heterocycles. The molecule has 0 aromatic heterocycles. The summed E-state index contributed by atoms with van der Waals surface area (Å²) in [5.41, 5.74) is 0.597. The molecule has 0 saturated heterocycles. The summed E-state index contributed by atoms with van der Waals surface area (Å²) in [6, 6.07) is 10.1. The van der Waals surface area contributed by atoms with Gasteiger partial charge in [0, 0.05) is 12.6 Å². The summed E-state index contributed by atoms with van der Waals surface area (Å²) in [4.78, 5) is 14.4. The number of rotatable bonds is 3. The van der Waals surface area contributed by atoms with Crippen LogP contribution in [-0.2, 0) is 11.3 Å². The maximum absolute atomic E-state index is 12.6. The summed E-state index contributed by atoms with van der Waals surface area (Å²) in [7, 11) is 0. The zero-order valence-corrected chi connectivity index (χ0v) is 13.8. The van der Waals surface area contributed by atoms with Gasteiger partial charge in [-0.2, -0.15) is 0 Å². The minimum absolute atomic E-state index is 0.137. The number of benzene rings is 1. The maximum atomic E-state index is 12.6. The van der Waals surface area contributed by atoms with Gasteiger partial charge in [0.05, 0.1) is 6.10 Å². The number of carbonyl (C=O) groups excluding carboxylic acids is 1. The van der Waals surface area contributed by atoms with E-state index < -0.39 is 5.60 Å². The first-order chi connectivity index (χ1) is 10.3. The van der Waals surface area contributed by atoms with E-state index in [9.17, 15) is 9.90 Å². The molecule has 4 heteroatoms. The van der Waals surface area contributed by atoms with Gasteiger partial charge in [-0.05, 0) is 52.0 Å². The molecule has 0 aliphatic heterocycles. The average molecular weight is 305 g/mol. The van der Waals surface area contributed by atoms with E-state index in [4.69, 9.17) is 4.74 Å². The fraction of sp³-hybridized carbons (Fsp3) is 0.611. The molecule has 0 spiro atoms. The van der Waals surface area contributed by atoms with Gasteiger partial charge < -0.3 is 14.7 Å². The molecule has 4 nitrogen and oxygen atoms in total. The average Bonchev–Trinajstić information content (AvgIpc) is 2.45. The highest BCUT2D eigenvalue weighted by Gasteiger charge is 2.31. The van der Waals surface area contributed by atoms with Crippen LogP contribution in [0.25, 0.3) is 0 Å². The van der Waals surface area contributed by atoms with Crippen molar-refractivity contribution in [3.05, 3.63) is 35.9 Å². The quantitative estimate of drug-likeness (QED) is 0.925. The Bertz CT molecular complexity index is 473. The van der Waals surface area contributed by atoms with Crippen LogP contribution < -0.4 is 0 Å². The second kappa shape index (κ2) is 7.14. The number of aliphatic hydroxyl groups is 1. The first-order valence-electron chi connectivity index (χ1n) is 8.07. The Balaban J connectivity index is 2.11. The lowest BCUT2D eigenvalue weighted by Gasteiger charge is -2.36. The molecule has 1 aliphatic rings. The third kappa shape index (κ3) is 5.02. The van der Waals surface area contributed by atoms with E-state index in [2.05, 4.69) is 0 Å². The monoisotopic (exact) mass is 305 g/mol. The molecule has 0 unspecified atom stereocenters. The van der Waals surface area contributed by atoms with Crippen molar-refractivity contribution in [2.75, 3.05) is 0 Å². The van der Waals surface area contributed by atoms with Crippen LogP contribution in [0.1, 0.15) is 52.0 Å². The molecule has 1 saturated carbocycles. The summed E-state index contributed by atoms with van der Waals surface area (Å²) in [6.07, 6.45) is 2.66. The van der Waals surface area contributed by atoms with Gasteiger partial charge in [-0.25, -0.2) is 4.79 Å². The number of ether oxygens (including phenoxy) is 1. The Morgan fingerprint density at radius 2 is 1.77 bits per heavy atom. The van der Waals surface area contributed by atoms with E-state index in [0.717, 1.165) is 31.2 Å². The SMILES string of the molecule is CC(C)(C)OC(=O)N(Cc1ccccc1)[C@H]1CC[C@H](O)CC1. The largest absolute Gasteiger partial charge is 0.444 e. The van der Waals surface area contributed by atoms with Crippen molar-refractivity contribution in [2.45, 2.75) is 70.7 Å². The highest BCUT2D eigenvalue weighted by atomic mass is 16.6. The lowest BCUT2D eigenvalue weighted by Crippen LogP contribution is -2.45. The van der Waals surface area contributed by atoms with Crippen molar-refractivity contribution in [3.8, 4) is 0 Å². The smallest absolute Gasteiger partial charge is 0.410 e. The standard InChI is InChI=1S/C18H27NO3/c1-18(2,3)22-17(21)19(13-14-7-5-4-6-8-14)15-9-11-16(20)12-10-15/h4-8,15-16,20H,9-13H2,1-3H3/t15-,16-. The van der Waals surface area contributed by atoms with Crippen molar-refractivity contribution >= 4 is 6.09 Å². The molecule has 0 bridgehead atoms. The van der Waals surface area contributed by atoms with Crippen LogP contribution in [0.4, 0.5) is 4.79 Å². The van der Waals surface area contributed by atoms with Gasteiger partial charge in [0.2, 0.25) is 0 Å². The second-order valence-electron chi connectivity index (χ2n) is 7.06. The van der Waals surface area contributed by atoms with Gasteiger partial charge in [0.1, 0.15) is 5.60 Å². The number of amides is 1. The van der Waals surface area contributed by atoms with E-state index in [1.807, 2.05) is 56.0 Å². The second-order valence-corrected chi connectivity index (χ2v) is 7.06. The first-order valence-corrected chi connectivity index (χ1v) is 8.07. The van der Waals surface area contributed by atoms with Crippen LogP contribution in [0.5, 0.6) is 0 Å². The minimum atomic E-state index is -0.500. The molecule has 122 valence electrons. The van der Waals surface area contributed by atoms with Gasteiger partial charge in [-0.3, -0.25) is 0 Å². The van der Waals surface area contributed by atoms with Crippen LogP contribution in [0.2, 0.25) is 0 Å². The summed E-state index contributed by atoms with van der Waals surface area (Å²) in [5.74, 6) is 0. The molecule has 0 atom stereocenters. The molecule has 1 amide bonds. The molecule has 22 heavy (non-hydrogen) atoms. The van der Waals surface area contributed by atoms with Gasteiger partial charge in [0.25, 0.3) is 0 Å². The van der Waals surface area contributed by atoms with Crippen LogP contribution in [0.15, 0.2) is 30.3 Å². The summed E-state index contributed by atoms with van der Waals surface area (Å²) in [5, 5.41) is 9.69. The molecule has 2 rings (SSSR count). The summed E-state index contributed by atoms with van der Waals surface area (Å²) >= 11 is 0. The van der Waals surface area contributed by atoms with Crippen LogP contribution in [0.3, 0.4) is 0 Å². The summed E-state index contributed by atoms with van der Waals surface area (Å²) < 4.78 is 5.58. The molecule has 1 aromatic carbocycles. The highest BCUT2D eigenvalue weighted by molar-refractivity contribution is 5.68. The Labute approximate surface area is 133 Å². The lowest BCUT2D eigenvalue weighted by molar-refractivity contribution is 0.00270.